The standard InChI is InChI=1S/C8H7NS.2C2H6/c1-6-7-4-2-3-5-8(7)10-9-6;2*1-2/h2-5H,1H3;2*1-2H3. The summed E-state index contributed by atoms with van der Waals surface area (Å²) in [5.74, 6) is 0. The maximum absolute atomic E-state index is 4.24. The van der Waals surface area contributed by atoms with Crippen LogP contribution >= 0.6 is 11.5 Å². The highest BCUT2D eigenvalue weighted by molar-refractivity contribution is 7.13. The van der Waals surface area contributed by atoms with Crippen LogP contribution in [-0.4, -0.2) is 4.37 Å². The van der Waals surface area contributed by atoms with Crippen molar-refractivity contribution in [3.8, 4) is 0 Å². The number of benzene rings is 1. The van der Waals surface area contributed by atoms with E-state index in [1.807, 2.05) is 46.8 Å². The van der Waals surface area contributed by atoms with Crippen molar-refractivity contribution in [2.45, 2.75) is 34.6 Å². The fourth-order valence-corrected chi connectivity index (χ4v) is 1.80. The third kappa shape index (κ3) is 3.11. The molecule has 0 amide bonds. The molecule has 0 radical (unpaired) electrons. The van der Waals surface area contributed by atoms with E-state index in [-0.39, 0.29) is 0 Å². The zero-order valence-electron chi connectivity index (χ0n) is 9.66. The molecular formula is C12H19NS. The molecule has 2 aromatic rings. The number of fused-ring (bicyclic) bond motifs is 1. The van der Waals surface area contributed by atoms with Gasteiger partial charge < -0.3 is 0 Å². The Morgan fingerprint density at radius 3 is 2.14 bits per heavy atom. The SMILES string of the molecule is CC.CC.Cc1nsc2ccccc12. The van der Waals surface area contributed by atoms with Crippen molar-refractivity contribution in [2.75, 3.05) is 0 Å². The van der Waals surface area contributed by atoms with Crippen LogP contribution in [0.2, 0.25) is 0 Å². The Labute approximate surface area is 91.0 Å². The summed E-state index contributed by atoms with van der Waals surface area (Å²) in [5.41, 5.74) is 1.14. The minimum absolute atomic E-state index is 1.14. The zero-order chi connectivity index (χ0) is 11.0. The molecule has 1 aromatic heterocycles. The Balaban J connectivity index is 0.000000379. The summed E-state index contributed by atoms with van der Waals surface area (Å²) < 4.78 is 5.52. The van der Waals surface area contributed by atoms with E-state index < -0.39 is 0 Å². The lowest BCUT2D eigenvalue weighted by molar-refractivity contribution is 1.37. The molecule has 2 heteroatoms. The largest absolute Gasteiger partial charge is 0.197 e. The van der Waals surface area contributed by atoms with Gasteiger partial charge in [-0.15, -0.1) is 0 Å². The van der Waals surface area contributed by atoms with Gasteiger partial charge in [0.2, 0.25) is 0 Å². The second kappa shape index (κ2) is 7.51. The van der Waals surface area contributed by atoms with E-state index in [4.69, 9.17) is 0 Å². The summed E-state index contributed by atoms with van der Waals surface area (Å²) >= 11 is 1.56. The Bertz CT molecular complexity index is 352. The van der Waals surface area contributed by atoms with E-state index in [2.05, 4.69) is 16.5 Å². The van der Waals surface area contributed by atoms with Gasteiger partial charge in [0, 0.05) is 5.39 Å². The molecule has 2 rings (SSSR count). The lowest BCUT2D eigenvalue weighted by atomic mass is 10.2. The van der Waals surface area contributed by atoms with Gasteiger partial charge in [-0.2, -0.15) is 4.37 Å². The van der Waals surface area contributed by atoms with Gasteiger partial charge in [-0.1, -0.05) is 45.9 Å². The first-order valence-corrected chi connectivity index (χ1v) is 5.96. The number of hydrogen-bond acceptors (Lipinski definition) is 2. The summed E-state index contributed by atoms with van der Waals surface area (Å²) in [6.45, 7) is 10.0. The first kappa shape index (κ1) is 13.1. The Hall–Kier alpha value is -0.890. The third-order valence-corrected chi connectivity index (χ3v) is 2.48. The predicted octanol–water partition coefficient (Wildman–Crippen LogP) is 4.66. The van der Waals surface area contributed by atoms with Crippen LogP contribution in [0.25, 0.3) is 10.1 Å². The van der Waals surface area contributed by atoms with Crippen LogP contribution in [0.15, 0.2) is 24.3 Å². The van der Waals surface area contributed by atoms with Crippen molar-refractivity contribution in [1.82, 2.24) is 4.37 Å². The summed E-state index contributed by atoms with van der Waals surface area (Å²) in [5, 5.41) is 1.28. The average molecular weight is 209 g/mol. The molecular weight excluding hydrogens is 190 g/mol. The molecule has 1 aromatic carbocycles. The van der Waals surface area contributed by atoms with E-state index in [1.54, 1.807) is 11.5 Å². The van der Waals surface area contributed by atoms with E-state index in [0.717, 1.165) is 5.69 Å². The van der Waals surface area contributed by atoms with Gasteiger partial charge in [0.15, 0.2) is 0 Å². The highest BCUT2D eigenvalue weighted by Gasteiger charge is 1.97. The van der Waals surface area contributed by atoms with Crippen LogP contribution in [0, 0.1) is 6.92 Å². The highest BCUT2D eigenvalue weighted by Crippen LogP contribution is 2.20. The van der Waals surface area contributed by atoms with E-state index in [1.165, 1.54) is 10.1 Å². The molecule has 0 aliphatic carbocycles. The molecule has 14 heavy (non-hydrogen) atoms. The lowest BCUT2D eigenvalue weighted by Gasteiger charge is -1.84. The molecule has 0 unspecified atom stereocenters. The third-order valence-electron chi connectivity index (χ3n) is 1.56. The van der Waals surface area contributed by atoms with Crippen molar-refractivity contribution in [3.63, 3.8) is 0 Å². The molecule has 1 nitrogen and oxygen atoms in total. The Morgan fingerprint density at radius 1 is 1.00 bits per heavy atom. The first-order chi connectivity index (χ1) is 6.88. The van der Waals surface area contributed by atoms with Crippen LogP contribution < -0.4 is 0 Å². The van der Waals surface area contributed by atoms with Gasteiger partial charge in [0.05, 0.1) is 10.4 Å². The van der Waals surface area contributed by atoms with Crippen molar-refractivity contribution >= 4 is 21.6 Å². The van der Waals surface area contributed by atoms with Gasteiger partial charge >= 0.3 is 0 Å². The van der Waals surface area contributed by atoms with E-state index >= 15 is 0 Å². The molecule has 0 saturated carbocycles. The van der Waals surface area contributed by atoms with Crippen LogP contribution in [0.5, 0.6) is 0 Å². The molecule has 0 N–H and O–H groups in total. The van der Waals surface area contributed by atoms with Crippen LogP contribution in [0.4, 0.5) is 0 Å². The average Bonchev–Trinajstić information content (AvgIpc) is 2.67. The molecule has 0 aliphatic rings. The molecule has 0 spiro atoms. The first-order valence-electron chi connectivity index (χ1n) is 5.19. The maximum atomic E-state index is 4.24. The Kier molecular flexibility index (Phi) is 7.03. The molecule has 0 saturated heterocycles. The van der Waals surface area contributed by atoms with Gasteiger partial charge in [0.25, 0.3) is 0 Å². The number of hydrogen-bond donors (Lipinski definition) is 0. The fraction of sp³-hybridized carbons (Fsp3) is 0.417. The second-order valence-electron chi connectivity index (χ2n) is 2.26. The topological polar surface area (TPSA) is 12.9 Å². The van der Waals surface area contributed by atoms with E-state index in [0.29, 0.717) is 0 Å². The number of aromatic nitrogens is 1. The highest BCUT2D eigenvalue weighted by atomic mass is 32.1. The minimum Gasteiger partial charge on any atom is -0.197 e. The van der Waals surface area contributed by atoms with Gasteiger partial charge in [0.1, 0.15) is 0 Å². The molecule has 78 valence electrons. The fourth-order valence-electron chi connectivity index (χ4n) is 1.01. The quantitative estimate of drug-likeness (QED) is 0.615. The minimum atomic E-state index is 1.14. The van der Waals surface area contributed by atoms with Crippen molar-refractivity contribution in [3.05, 3.63) is 30.0 Å². The van der Waals surface area contributed by atoms with Crippen molar-refractivity contribution in [1.29, 1.82) is 0 Å². The van der Waals surface area contributed by atoms with Gasteiger partial charge in [-0.25, -0.2) is 0 Å². The summed E-state index contributed by atoms with van der Waals surface area (Å²) in [7, 11) is 0. The van der Waals surface area contributed by atoms with E-state index in [9.17, 15) is 0 Å². The van der Waals surface area contributed by atoms with Crippen LogP contribution in [0.1, 0.15) is 33.4 Å². The molecule has 0 atom stereocenters. The monoisotopic (exact) mass is 209 g/mol. The van der Waals surface area contributed by atoms with Gasteiger partial charge in [-0.3, -0.25) is 0 Å². The predicted molar refractivity (Wildman–Crippen MR) is 67.1 cm³/mol. The number of rotatable bonds is 0. The molecule has 0 bridgehead atoms. The molecule has 0 aliphatic heterocycles. The zero-order valence-corrected chi connectivity index (χ0v) is 10.5. The number of aryl methyl sites for hydroxylation is 1. The number of nitrogens with zero attached hydrogens (tertiary/aromatic N) is 1. The maximum Gasteiger partial charge on any atom is 0.0589 e. The lowest BCUT2D eigenvalue weighted by Crippen LogP contribution is -1.66. The summed E-state index contributed by atoms with van der Waals surface area (Å²) in [6, 6.07) is 8.29. The summed E-state index contributed by atoms with van der Waals surface area (Å²) in [6.07, 6.45) is 0. The normalized spacial score (nSPS) is 8.36. The molecule has 0 fully saturated rings. The van der Waals surface area contributed by atoms with Crippen molar-refractivity contribution < 1.29 is 0 Å². The summed E-state index contributed by atoms with van der Waals surface area (Å²) in [4.78, 5) is 0. The van der Waals surface area contributed by atoms with Crippen LogP contribution in [0.3, 0.4) is 0 Å². The second-order valence-corrected chi connectivity index (χ2v) is 3.07. The van der Waals surface area contributed by atoms with Gasteiger partial charge in [-0.05, 0) is 24.5 Å². The Morgan fingerprint density at radius 2 is 1.57 bits per heavy atom. The van der Waals surface area contributed by atoms with Crippen LogP contribution in [-0.2, 0) is 0 Å². The smallest absolute Gasteiger partial charge is 0.0589 e. The molecule has 1 heterocycles. The van der Waals surface area contributed by atoms with Crippen molar-refractivity contribution in [2.24, 2.45) is 0 Å².